The lowest BCUT2D eigenvalue weighted by molar-refractivity contribution is 0.0288. The third kappa shape index (κ3) is 2.26. The van der Waals surface area contributed by atoms with Gasteiger partial charge in [0.25, 0.3) is 0 Å². The van der Waals surface area contributed by atoms with Crippen LogP contribution in [0.2, 0.25) is 0 Å². The molecule has 0 amide bonds. The summed E-state index contributed by atoms with van der Waals surface area (Å²) in [5, 5.41) is 0. The fraction of sp³-hybridized carbons (Fsp3) is 0.333. The van der Waals surface area contributed by atoms with Crippen molar-refractivity contribution < 1.29 is 4.74 Å². The Morgan fingerprint density at radius 1 is 1.27 bits per heavy atom. The Bertz CT molecular complexity index is 1160. The summed E-state index contributed by atoms with van der Waals surface area (Å²) in [6, 6.07) is 7.88. The van der Waals surface area contributed by atoms with E-state index >= 15 is 0 Å². The molecule has 0 spiro atoms. The number of aromatic nitrogens is 6. The first-order valence-corrected chi connectivity index (χ1v) is 8.70. The number of nitrogens with zero attached hydrogens (tertiary/aromatic N) is 5. The number of benzene rings is 1. The molecule has 0 radical (unpaired) electrons. The molecule has 132 valence electrons. The van der Waals surface area contributed by atoms with Crippen LogP contribution in [0.3, 0.4) is 0 Å². The molecule has 5 rings (SSSR count). The summed E-state index contributed by atoms with van der Waals surface area (Å²) in [6.07, 6.45) is 4.16. The predicted molar refractivity (Wildman–Crippen MR) is 96.4 cm³/mol. The molecule has 8 heteroatoms. The van der Waals surface area contributed by atoms with Crippen molar-refractivity contribution >= 4 is 22.2 Å². The number of H-pyrrole nitrogens is 1. The van der Waals surface area contributed by atoms with Crippen LogP contribution in [-0.2, 0) is 4.74 Å². The minimum atomic E-state index is -0.152. The van der Waals surface area contributed by atoms with Crippen LogP contribution in [-0.4, -0.2) is 42.3 Å². The smallest absolute Gasteiger partial charge is 0.327 e. The van der Waals surface area contributed by atoms with E-state index in [9.17, 15) is 4.79 Å². The number of aromatic amines is 1. The molecule has 1 N–H and O–H groups in total. The van der Waals surface area contributed by atoms with Gasteiger partial charge in [-0.2, -0.15) is 4.98 Å². The van der Waals surface area contributed by atoms with Crippen molar-refractivity contribution in [2.24, 2.45) is 5.92 Å². The van der Waals surface area contributed by atoms with Crippen molar-refractivity contribution in [3.8, 4) is 5.95 Å². The van der Waals surface area contributed by atoms with E-state index in [1.54, 1.807) is 17.1 Å². The first kappa shape index (κ1) is 15.3. The van der Waals surface area contributed by atoms with E-state index in [4.69, 9.17) is 9.72 Å². The van der Waals surface area contributed by atoms with Crippen molar-refractivity contribution in [3.05, 3.63) is 47.3 Å². The Labute approximate surface area is 148 Å². The highest BCUT2D eigenvalue weighted by Crippen LogP contribution is 2.27. The third-order valence-corrected chi connectivity index (χ3v) is 5.04. The quantitative estimate of drug-likeness (QED) is 0.597. The van der Waals surface area contributed by atoms with Gasteiger partial charge in [0.05, 0.1) is 23.8 Å². The van der Waals surface area contributed by atoms with E-state index in [0.717, 1.165) is 17.5 Å². The lowest BCUT2D eigenvalue weighted by Crippen LogP contribution is -2.33. The van der Waals surface area contributed by atoms with Gasteiger partial charge in [-0.1, -0.05) is 19.1 Å². The monoisotopic (exact) mass is 350 g/mol. The maximum atomic E-state index is 12.6. The molecule has 3 aromatic heterocycles. The standard InChI is InChI=1S/C18H18N6O2/c1-11-9-26-7-6-14(11)24-16-13(21-18(24)25)8-19-17(22-16)23-10-20-12-4-2-3-5-15(12)23/h2-5,8,10-11,14H,6-7,9H2,1H3,(H,21,25). The number of para-hydroxylation sites is 2. The molecule has 1 aliphatic rings. The fourth-order valence-corrected chi connectivity index (χ4v) is 3.70. The van der Waals surface area contributed by atoms with Crippen molar-refractivity contribution in [3.63, 3.8) is 0 Å². The maximum absolute atomic E-state index is 12.6. The van der Waals surface area contributed by atoms with Crippen molar-refractivity contribution in [1.82, 2.24) is 29.1 Å². The Morgan fingerprint density at radius 3 is 3.04 bits per heavy atom. The molecule has 2 unspecified atom stereocenters. The lowest BCUT2D eigenvalue weighted by atomic mass is 9.98. The number of rotatable bonds is 2. The van der Waals surface area contributed by atoms with Gasteiger partial charge in [-0.3, -0.25) is 9.13 Å². The summed E-state index contributed by atoms with van der Waals surface area (Å²) in [7, 11) is 0. The zero-order valence-corrected chi connectivity index (χ0v) is 14.3. The third-order valence-electron chi connectivity index (χ3n) is 5.04. The highest BCUT2D eigenvalue weighted by molar-refractivity contribution is 5.77. The number of fused-ring (bicyclic) bond motifs is 2. The van der Waals surface area contributed by atoms with Gasteiger partial charge in [0, 0.05) is 18.6 Å². The van der Waals surface area contributed by atoms with Crippen molar-refractivity contribution in [2.45, 2.75) is 19.4 Å². The van der Waals surface area contributed by atoms with E-state index in [1.165, 1.54) is 0 Å². The predicted octanol–water partition coefficient (Wildman–Crippen LogP) is 2.06. The van der Waals surface area contributed by atoms with Crippen LogP contribution in [0.1, 0.15) is 19.4 Å². The van der Waals surface area contributed by atoms with E-state index in [-0.39, 0.29) is 17.6 Å². The van der Waals surface area contributed by atoms with Crippen molar-refractivity contribution in [2.75, 3.05) is 13.2 Å². The largest absolute Gasteiger partial charge is 0.381 e. The second kappa shape index (κ2) is 5.77. The molecule has 1 fully saturated rings. The molecule has 4 heterocycles. The molecule has 8 nitrogen and oxygen atoms in total. The van der Waals surface area contributed by atoms with E-state index in [0.29, 0.717) is 30.3 Å². The number of nitrogens with one attached hydrogen (secondary N) is 1. The van der Waals surface area contributed by atoms with Gasteiger partial charge >= 0.3 is 5.69 Å². The summed E-state index contributed by atoms with van der Waals surface area (Å²) >= 11 is 0. The molecule has 1 aliphatic heterocycles. The average molecular weight is 350 g/mol. The highest BCUT2D eigenvalue weighted by Gasteiger charge is 2.27. The summed E-state index contributed by atoms with van der Waals surface area (Å²) in [4.78, 5) is 29.0. The molecule has 4 aromatic rings. The van der Waals surface area contributed by atoms with Crippen LogP contribution >= 0.6 is 0 Å². The van der Waals surface area contributed by atoms with Gasteiger partial charge in [-0.25, -0.2) is 14.8 Å². The molecular formula is C18H18N6O2. The first-order valence-electron chi connectivity index (χ1n) is 8.70. The van der Waals surface area contributed by atoms with Gasteiger partial charge in [0.2, 0.25) is 5.95 Å². The number of hydrogen-bond acceptors (Lipinski definition) is 5. The Hall–Kier alpha value is -3.00. The number of hydrogen-bond donors (Lipinski definition) is 1. The summed E-state index contributed by atoms with van der Waals surface area (Å²) < 4.78 is 9.12. The molecule has 0 saturated carbocycles. The summed E-state index contributed by atoms with van der Waals surface area (Å²) in [6.45, 7) is 3.40. The average Bonchev–Trinajstić information content (AvgIpc) is 3.22. The number of imidazole rings is 2. The minimum absolute atomic E-state index is 0.0623. The first-order chi connectivity index (χ1) is 12.7. The topological polar surface area (TPSA) is 90.6 Å². The van der Waals surface area contributed by atoms with Gasteiger partial charge in [-0.05, 0) is 18.6 Å². The Morgan fingerprint density at radius 2 is 2.15 bits per heavy atom. The molecule has 0 bridgehead atoms. The summed E-state index contributed by atoms with van der Waals surface area (Å²) in [5.74, 6) is 0.742. The zero-order valence-electron chi connectivity index (χ0n) is 14.3. The molecule has 2 atom stereocenters. The molecule has 1 saturated heterocycles. The Kier molecular flexibility index (Phi) is 3.39. The van der Waals surface area contributed by atoms with Crippen LogP contribution in [0, 0.1) is 5.92 Å². The molecule has 0 aliphatic carbocycles. The van der Waals surface area contributed by atoms with Gasteiger partial charge in [0.15, 0.2) is 5.65 Å². The molecule has 1 aromatic carbocycles. The Balaban J connectivity index is 1.70. The normalized spacial score (nSPS) is 20.8. The van der Waals surface area contributed by atoms with E-state index in [1.807, 2.05) is 28.8 Å². The molecular weight excluding hydrogens is 332 g/mol. The summed E-state index contributed by atoms with van der Waals surface area (Å²) in [5.41, 5.74) is 2.91. The molecule has 26 heavy (non-hydrogen) atoms. The van der Waals surface area contributed by atoms with Crippen molar-refractivity contribution in [1.29, 1.82) is 0 Å². The van der Waals surface area contributed by atoms with Crippen LogP contribution in [0.4, 0.5) is 0 Å². The van der Waals surface area contributed by atoms with Gasteiger partial charge in [-0.15, -0.1) is 0 Å². The second-order valence-corrected chi connectivity index (χ2v) is 6.72. The fourth-order valence-electron chi connectivity index (χ4n) is 3.70. The van der Waals surface area contributed by atoms with Crippen LogP contribution in [0.15, 0.2) is 41.6 Å². The minimum Gasteiger partial charge on any atom is -0.381 e. The zero-order chi connectivity index (χ0) is 17.7. The number of ether oxygens (including phenoxy) is 1. The maximum Gasteiger partial charge on any atom is 0.327 e. The van der Waals surface area contributed by atoms with E-state index < -0.39 is 0 Å². The van der Waals surface area contributed by atoms with Gasteiger partial charge < -0.3 is 9.72 Å². The van der Waals surface area contributed by atoms with Crippen LogP contribution in [0.25, 0.3) is 28.1 Å². The van der Waals surface area contributed by atoms with Crippen LogP contribution in [0.5, 0.6) is 0 Å². The van der Waals surface area contributed by atoms with Gasteiger partial charge in [0.1, 0.15) is 11.8 Å². The van der Waals surface area contributed by atoms with Crippen LogP contribution < -0.4 is 5.69 Å². The SMILES string of the molecule is CC1COCCC1n1c(=O)[nH]c2cnc(-n3cnc4ccccc43)nc21. The highest BCUT2D eigenvalue weighted by atomic mass is 16.5. The lowest BCUT2D eigenvalue weighted by Gasteiger charge is -2.29. The second-order valence-electron chi connectivity index (χ2n) is 6.72. The van der Waals surface area contributed by atoms with E-state index in [2.05, 4.69) is 21.9 Å².